The van der Waals surface area contributed by atoms with Gasteiger partial charge in [-0.15, -0.1) is 0 Å². The number of ether oxygens (including phenoxy) is 1. The summed E-state index contributed by atoms with van der Waals surface area (Å²) >= 11 is 0. The highest BCUT2D eigenvalue weighted by Gasteiger charge is 2.24. The highest BCUT2D eigenvalue weighted by molar-refractivity contribution is 5.71. The Bertz CT molecular complexity index is 447. The van der Waals surface area contributed by atoms with Crippen LogP contribution in [0, 0.1) is 0 Å². The van der Waals surface area contributed by atoms with E-state index in [1.807, 2.05) is 0 Å². The van der Waals surface area contributed by atoms with Crippen LogP contribution < -0.4 is 0 Å². The second kappa shape index (κ2) is 7.60. The van der Waals surface area contributed by atoms with Crippen molar-refractivity contribution >= 4 is 5.97 Å². The van der Waals surface area contributed by atoms with Crippen molar-refractivity contribution in [1.29, 1.82) is 0 Å². The number of methoxy groups -OCH3 is 1. The monoisotopic (exact) mass is 289 g/mol. The van der Waals surface area contributed by atoms with E-state index in [0.29, 0.717) is 18.5 Å². The van der Waals surface area contributed by atoms with Gasteiger partial charge in [0.25, 0.3) is 0 Å². The van der Waals surface area contributed by atoms with Gasteiger partial charge in [0.2, 0.25) is 0 Å². The van der Waals surface area contributed by atoms with Crippen molar-refractivity contribution in [2.45, 2.75) is 58.0 Å². The van der Waals surface area contributed by atoms with Crippen molar-refractivity contribution in [3.63, 3.8) is 0 Å². The van der Waals surface area contributed by atoms with Crippen LogP contribution in [0.4, 0.5) is 0 Å². The lowest BCUT2D eigenvalue weighted by atomic mass is 10.0. The smallest absolute Gasteiger partial charge is 0.319 e. The van der Waals surface area contributed by atoms with E-state index in [1.54, 1.807) is 0 Å². The maximum absolute atomic E-state index is 11.6. The van der Waals surface area contributed by atoms with Crippen molar-refractivity contribution in [1.82, 2.24) is 4.90 Å². The van der Waals surface area contributed by atoms with Gasteiger partial charge in [0, 0.05) is 12.6 Å². The van der Waals surface area contributed by atoms with Crippen molar-refractivity contribution in [3.05, 3.63) is 35.4 Å². The molecule has 0 amide bonds. The number of esters is 1. The Kier molecular flexibility index (Phi) is 5.80. The first-order valence-corrected chi connectivity index (χ1v) is 8.00. The Labute approximate surface area is 128 Å². The van der Waals surface area contributed by atoms with Gasteiger partial charge in [-0.2, -0.15) is 0 Å². The van der Waals surface area contributed by atoms with E-state index in [4.69, 9.17) is 4.74 Å². The lowest BCUT2D eigenvalue weighted by molar-refractivity contribution is -0.142. The minimum Gasteiger partial charge on any atom is -0.468 e. The number of carbonyl (C=O) groups excluding carboxylic acids is 1. The van der Waals surface area contributed by atoms with Gasteiger partial charge in [0.05, 0.1) is 13.7 Å². The molecule has 116 valence electrons. The van der Waals surface area contributed by atoms with Crippen LogP contribution in [0.3, 0.4) is 0 Å². The molecule has 0 aliphatic heterocycles. The predicted octanol–water partition coefficient (Wildman–Crippen LogP) is 3.73. The van der Waals surface area contributed by atoms with Crippen molar-refractivity contribution in [2.75, 3.05) is 13.7 Å². The number of benzene rings is 1. The second-order valence-corrected chi connectivity index (χ2v) is 6.32. The SMILES string of the molecule is COC(=O)CN(Cc1ccc(C(C)C)cc1)C1CCCC1. The third-order valence-corrected chi connectivity index (χ3v) is 4.43. The first kappa shape index (κ1) is 16.0. The molecule has 1 aliphatic carbocycles. The molecular formula is C18H27NO2. The molecular weight excluding hydrogens is 262 g/mol. The van der Waals surface area contributed by atoms with Crippen LogP contribution in [-0.4, -0.2) is 30.6 Å². The van der Waals surface area contributed by atoms with Gasteiger partial charge in [0.15, 0.2) is 0 Å². The average Bonchev–Trinajstić information content (AvgIpc) is 3.01. The molecule has 1 aliphatic rings. The molecule has 0 bridgehead atoms. The van der Waals surface area contributed by atoms with Gasteiger partial charge in [-0.3, -0.25) is 9.69 Å². The highest BCUT2D eigenvalue weighted by atomic mass is 16.5. The third kappa shape index (κ3) is 4.57. The van der Waals surface area contributed by atoms with Crippen molar-refractivity contribution in [3.8, 4) is 0 Å². The van der Waals surface area contributed by atoms with E-state index in [9.17, 15) is 4.79 Å². The third-order valence-electron chi connectivity index (χ3n) is 4.43. The second-order valence-electron chi connectivity index (χ2n) is 6.32. The standard InChI is InChI=1S/C18H27NO2/c1-14(2)16-10-8-15(9-11-16)12-19(13-18(20)21-3)17-6-4-5-7-17/h8-11,14,17H,4-7,12-13H2,1-3H3. The number of hydrogen-bond acceptors (Lipinski definition) is 3. The summed E-state index contributed by atoms with van der Waals surface area (Å²) in [7, 11) is 1.46. The van der Waals surface area contributed by atoms with E-state index in [0.717, 1.165) is 6.54 Å². The molecule has 1 aromatic rings. The summed E-state index contributed by atoms with van der Waals surface area (Å²) in [6, 6.07) is 9.30. The molecule has 0 heterocycles. The molecule has 0 unspecified atom stereocenters. The van der Waals surface area contributed by atoms with Crippen LogP contribution >= 0.6 is 0 Å². The number of nitrogens with zero attached hydrogens (tertiary/aromatic N) is 1. The van der Waals surface area contributed by atoms with Gasteiger partial charge < -0.3 is 4.74 Å². The topological polar surface area (TPSA) is 29.5 Å². The molecule has 0 radical (unpaired) electrons. The number of carbonyl (C=O) groups is 1. The maximum Gasteiger partial charge on any atom is 0.319 e. The zero-order valence-corrected chi connectivity index (χ0v) is 13.5. The van der Waals surface area contributed by atoms with Crippen LogP contribution in [0.1, 0.15) is 56.6 Å². The minimum atomic E-state index is -0.138. The molecule has 0 spiro atoms. The fraction of sp³-hybridized carbons (Fsp3) is 0.611. The lowest BCUT2D eigenvalue weighted by Gasteiger charge is -2.27. The minimum absolute atomic E-state index is 0.138. The van der Waals surface area contributed by atoms with Crippen molar-refractivity contribution < 1.29 is 9.53 Å². The molecule has 3 heteroatoms. The van der Waals surface area contributed by atoms with E-state index in [-0.39, 0.29) is 5.97 Å². The fourth-order valence-electron chi connectivity index (χ4n) is 3.06. The number of rotatable bonds is 6. The summed E-state index contributed by atoms with van der Waals surface area (Å²) in [6.07, 6.45) is 4.94. The van der Waals surface area contributed by atoms with Crippen LogP contribution in [0.15, 0.2) is 24.3 Å². The number of hydrogen-bond donors (Lipinski definition) is 0. The largest absolute Gasteiger partial charge is 0.468 e. The molecule has 1 fully saturated rings. The average molecular weight is 289 g/mol. The summed E-state index contributed by atoms with van der Waals surface area (Å²) in [5.41, 5.74) is 2.63. The van der Waals surface area contributed by atoms with Gasteiger partial charge in [-0.25, -0.2) is 0 Å². The quantitative estimate of drug-likeness (QED) is 0.747. The normalized spacial score (nSPS) is 15.9. The summed E-state index contributed by atoms with van der Waals surface area (Å²) in [4.78, 5) is 13.9. The highest BCUT2D eigenvalue weighted by Crippen LogP contribution is 2.25. The molecule has 21 heavy (non-hydrogen) atoms. The Morgan fingerprint density at radius 1 is 1.24 bits per heavy atom. The van der Waals surface area contributed by atoms with E-state index in [1.165, 1.54) is 43.9 Å². The zero-order valence-electron chi connectivity index (χ0n) is 13.5. The zero-order chi connectivity index (χ0) is 15.2. The Morgan fingerprint density at radius 2 is 1.86 bits per heavy atom. The predicted molar refractivity (Wildman–Crippen MR) is 85.2 cm³/mol. The first-order chi connectivity index (χ1) is 10.1. The lowest BCUT2D eigenvalue weighted by Crippen LogP contribution is -2.37. The van der Waals surface area contributed by atoms with Gasteiger partial charge >= 0.3 is 5.97 Å². The van der Waals surface area contributed by atoms with Crippen LogP contribution in [0.2, 0.25) is 0 Å². The van der Waals surface area contributed by atoms with Gasteiger partial charge in [0.1, 0.15) is 0 Å². The molecule has 2 rings (SSSR count). The van der Waals surface area contributed by atoms with Crippen molar-refractivity contribution in [2.24, 2.45) is 0 Å². The van der Waals surface area contributed by atoms with Gasteiger partial charge in [-0.05, 0) is 29.9 Å². The first-order valence-electron chi connectivity index (χ1n) is 8.00. The molecule has 0 N–H and O–H groups in total. The summed E-state index contributed by atoms with van der Waals surface area (Å²) in [5.74, 6) is 0.417. The summed E-state index contributed by atoms with van der Waals surface area (Å²) in [6.45, 7) is 5.64. The fourth-order valence-corrected chi connectivity index (χ4v) is 3.06. The maximum atomic E-state index is 11.6. The van der Waals surface area contributed by atoms with Crippen LogP contribution in [0.25, 0.3) is 0 Å². The van der Waals surface area contributed by atoms with E-state index < -0.39 is 0 Å². The van der Waals surface area contributed by atoms with Crippen LogP contribution in [0.5, 0.6) is 0 Å². The molecule has 0 saturated heterocycles. The van der Waals surface area contributed by atoms with Crippen LogP contribution in [-0.2, 0) is 16.1 Å². The molecule has 0 atom stereocenters. The Balaban J connectivity index is 2.04. The molecule has 3 nitrogen and oxygen atoms in total. The molecule has 1 saturated carbocycles. The molecule has 0 aromatic heterocycles. The van der Waals surface area contributed by atoms with E-state index in [2.05, 4.69) is 43.0 Å². The van der Waals surface area contributed by atoms with E-state index >= 15 is 0 Å². The summed E-state index contributed by atoms with van der Waals surface area (Å²) in [5, 5.41) is 0. The van der Waals surface area contributed by atoms with Gasteiger partial charge in [-0.1, -0.05) is 51.0 Å². The molecule has 1 aromatic carbocycles. The summed E-state index contributed by atoms with van der Waals surface area (Å²) < 4.78 is 4.85. The Morgan fingerprint density at radius 3 is 2.38 bits per heavy atom. The Hall–Kier alpha value is -1.35.